The zero-order chi connectivity index (χ0) is 18.5. The van der Waals surface area contributed by atoms with E-state index in [0.29, 0.717) is 18.5 Å². The van der Waals surface area contributed by atoms with Crippen LogP contribution in [0.15, 0.2) is 47.6 Å². The molecule has 3 aromatic rings. The highest BCUT2D eigenvalue weighted by molar-refractivity contribution is 5.96. The quantitative estimate of drug-likeness (QED) is 0.419. The second-order valence-electron chi connectivity index (χ2n) is 6.48. The van der Waals surface area contributed by atoms with Gasteiger partial charge in [0.1, 0.15) is 5.75 Å². The molecule has 1 N–H and O–H groups in total. The van der Waals surface area contributed by atoms with Gasteiger partial charge in [0.05, 0.1) is 18.7 Å². The van der Waals surface area contributed by atoms with E-state index in [0.717, 1.165) is 41.7 Å². The fraction of sp³-hybridized carbons (Fsp3) is 0.333. The number of aromatic hydroxyl groups is 1. The van der Waals surface area contributed by atoms with Crippen LogP contribution in [0.5, 0.6) is 11.6 Å². The van der Waals surface area contributed by atoms with Gasteiger partial charge >= 0.3 is 0 Å². The van der Waals surface area contributed by atoms with Gasteiger partial charge in [0, 0.05) is 10.9 Å². The number of aryl methyl sites for hydroxylation is 1. The van der Waals surface area contributed by atoms with E-state index in [2.05, 4.69) is 12.1 Å². The first-order valence-electron chi connectivity index (χ1n) is 9.02. The minimum atomic E-state index is -0.106. The van der Waals surface area contributed by atoms with Crippen LogP contribution in [0.25, 0.3) is 10.9 Å². The average molecular weight is 352 g/mol. The number of unbranched alkanes of at least 4 members (excludes halogenated alkanes) is 2. The summed E-state index contributed by atoms with van der Waals surface area (Å²) in [4.78, 5) is 11.2. The van der Waals surface area contributed by atoms with E-state index in [4.69, 9.17) is 4.74 Å². The summed E-state index contributed by atoms with van der Waals surface area (Å²) in [5.41, 5.74) is 2.84. The van der Waals surface area contributed by atoms with E-state index in [9.17, 15) is 10.0 Å². The number of hydrogen-bond donors (Lipinski definition) is 1. The first-order chi connectivity index (χ1) is 12.7. The maximum absolute atomic E-state index is 11.2. The van der Waals surface area contributed by atoms with Gasteiger partial charge in [-0.05, 0) is 30.2 Å². The van der Waals surface area contributed by atoms with Crippen molar-refractivity contribution in [2.75, 3.05) is 6.61 Å². The summed E-state index contributed by atoms with van der Waals surface area (Å²) in [6, 6.07) is 13.4. The summed E-state index contributed by atoms with van der Waals surface area (Å²) in [5, 5.41) is 14.3. The van der Waals surface area contributed by atoms with Crippen molar-refractivity contribution in [3.63, 3.8) is 0 Å². The Morgan fingerprint density at radius 2 is 1.92 bits per heavy atom. The summed E-state index contributed by atoms with van der Waals surface area (Å²) < 4.78 is 7.68. The van der Waals surface area contributed by atoms with Crippen LogP contribution in [0.2, 0.25) is 0 Å². The van der Waals surface area contributed by atoms with Gasteiger partial charge in [-0.1, -0.05) is 56.2 Å². The molecule has 2 aromatic carbocycles. The molecule has 0 atom stereocenters. The Bertz CT molecular complexity index is 915. The first-order valence-corrected chi connectivity index (χ1v) is 9.02. The first kappa shape index (κ1) is 18.0. The number of rotatable bonds is 8. The molecule has 26 heavy (non-hydrogen) atoms. The molecular formula is C21H24N2O3. The number of aromatic nitrogens is 1. The summed E-state index contributed by atoms with van der Waals surface area (Å²) >= 11 is 0. The molecule has 0 amide bonds. The predicted octanol–water partition coefficient (Wildman–Crippen LogP) is 5.67. The zero-order valence-electron chi connectivity index (χ0n) is 15.2. The van der Waals surface area contributed by atoms with E-state index in [1.54, 1.807) is 4.57 Å². The van der Waals surface area contributed by atoms with Crippen molar-refractivity contribution in [1.29, 1.82) is 0 Å². The Morgan fingerprint density at radius 3 is 2.69 bits per heavy atom. The van der Waals surface area contributed by atoms with E-state index in [1.165, 1.54) is 0 Å². The Labute approximate surface area is 153 Å². The van der Waals surface area contributed by atoms with Crippen molar-refractivity contribution in [3.05, 3.63) is 58.5 Å². The van der Waals surface area contributed by atoms with Gasteiger partial charge in [-0.15, -0.1) is 4.91 Å². The molecule has 0 aliphatic carbocycles. The van der Waals surface area contributed by atoms with Crippen LogP contribution >= 0.6 is 0 Å². The van der Waals surface area contributed by atoms with Crippen molar-refractivity contribution < 1.29 is 9.84 Å². The molecule has 1 aromatic heterocycles. The molecule has 0 saturated carbocycles. The Balaban J connectivity index is 1.97. The third-order valence-corrected chi connectivity index (χ3v) is 4.63. The van der Waals surface area contributed by atoms with Crippen molar-refractivity contribution in [1.82, 2.24) is 4.57 Å². The molecule has 0 spiro atoms. The largest absolute Gasteiger partial charge is 0.493 e. The highest BCUT2D eigenvalue weighted by Crippen LogP contribution is 2.40. The standard InChI is InChI=1S/C21H24N2O3/c1-3-4-7-13-26-18-12-6-5-10-16(18)14-23-20-15(2)9-8-11-17(20)19(22-25)21(23)24/h5-6,8-12,24H,3-4,7,13-14H2,1-2H3. The fourth-order valence-electron chi connectivity index (χ4n) is 3.29. The maximum Gasteiger partial charge on any atom is 0.222 e. The van der Waals surface area contributed by atoms with Gasteiger partial charge in [-0.2, -0.15) is 0 Å². The van der Waals surface area contributed by atoms with Crippen LogP contribution in [0.3, 0.4) is 0 Å². The molecule has 0 fully saturated rings. The predicted molar refractivity (Wildman–Crippen MR) is 104 cm³/mol. The molecule has 1 heterocycles. The third kappa shape index (κ3) is 3.43. The van der Waals surface area contributed by atoms with Crippen molar-refractivity contribution in [2.24, 2.45) is 5.18 Å². The monoisotopic (exact) mass is 352 g/mol. The molecule has 5 heteroatoms. The SMILES string of the molecule is CCCCCOc1ccccc1Cn1c(O)c(N=O)c2cccc(C)c21. The zero-order valence-corrected chi connectivity index (χ0v) is 15.2. The Kier molecular flexibility index (Phi) is 5.56. The molecule has 0 radical (unpaired) electrons. The molecule has 0 aliphatic rings. The van der Waals surface area contributed by atoms with Gasteiger partial charge in [0.2, 0.25) is 5.88 Å². The maximum atomic E-state index is 11.2. The van der Waals surface area contributed by atoms with Gasteiger partial charge in [0.15, 0.2) is 5.69 Å². The van der Waals surface area contributed by atoms with Crippen molar-refractivity contribution >= 4 is 16.6 Å². The fourth-order valence-corrected chi connectivity index (χ4v) is 3.29. The molecule has 0 unspecified atom stereocenters. The molecule has 136 valence electrons. The molecule has 3 rings (SSSR count). The van der Waals surface area contributed by atoms with Gasteiger partial charge in [-0.3, -0.25) is 0 Å². The van der Waals surface area contributed by atoms with Crippen LogP contribution in [0.4, 0.5) is 5.69 Å². The van der Waals surface area contributed by atoms with E-state index < -0.39 is 0 Å². The Morgan fingerprint density at radius 1 is 1.12 bits per heavy atom. The second kappa shape index (κ2) is 8.04. The minimum absolute atomic E-state index is 0.0880. The second-order valence-corrected chi connectivity index (χ2v) is 6.48. The molecule has 5 nitrogen and oxygen atoms in total. The van der Waals surface area contributed by atoms with E-state index in [1.807, 2.05) is 49.4 Å². The van der Waals surface area contributed by atoms with Crippen LogP contribution in [-0.2, 0) is 6.54 Å². The molecule has 0 aliphatic heterocycles. The van der Waals surface area contributed by atoms with Crippen LogP contribution in [-0.4, -0.2) is 16.3 Å². The number of hydrogen-bond acceptors (Lipinski definition) is 4. The smallest absolute Gasteiger partial charge is 0.222 e. The van der Waals surface area contributed by atoms with Gasteiger partial charge < -0.3 is 14.4 Å². The van der Waals surface area contributed by atoms with Crippen LogP contribution in [0, 0.1) is 11.8 Å². The number of nitrogens with zero attached hydrogens (tertiary/aromatic N) is 2. The van der Waals surface area contributed by atoms with Gasteiger partial charge in [0.25, 0.3) is 0 Å². The molecule has 0 saturated heterocycles. The Hall–Kier alpha value is -2.82. The number of ether oxygens (including phenoxy) is 1. The third-order valence-electron chi connectivity index (χ3n) is 4.63. The topological polar surface area (TPSA) is 63.8 Å². The lowest BCUT2D eigenvalue weighted by Gasteiger charge is -2.14. The van der Waals surface area contributed by atoms with E-state index >= 15 is 0 Å². The van der Waals surface area contributed by atoms with Crippen molar-refractivity contribution in [3.8, 4) is 11.6 Å². The highest BCUT2D eigenvalue weighted by atomic mass is 16.5. The lowest BCUT2D eigenvalue weighted by atomic mass is 10.1. The number of fused-ring (bicyclic) bond motifs is 1. The van der Waals surface area contributed by atoms with Gasteiger partial charge in [-0.25, -0.2) is 0 Å². The average Bonchev–Trinajstić information content (AvgIpc) is 2.92. The highest BCUT2D eigenvalue weighted by Gasteiger charge is 2.19. The molecule has 0 bridgehead atoms. The number of nitroso groups, excluding NO2 is 1. The summed E-state index contributed by atoms with van der Waals surface area (Å²) in [5.74, 6) is 0.698. The molecular weight excluding hydrogens is 328 g/mol. The van der Waals surface area contributed by atoms with Crippen LogP contribution in [0.1, 0.15) is 37.3 Å². The normalized spacial score (nSPS) is 11.0. The van der Waals surface area contributed by atoms with Crippen LogP contribution < -0.4 is 4.74 Å². The lowest BCUT2D eigenvalue weighted by molar-refractivity contribution is 0.302. The summed E-state index contributed by atoms with van der Waals surface area (Å²) in [7, 11) is 0. The number of benzene rings is 2. The summed E-state index contributed by atoms with van der Waals surface area (Å²) in [6.07, 6.45) is 3.30. The van der Waals surface area contributed by atoms with Crippen molar-refractivity contribution in [2.45, 2.75) is 39.7 Å². The number of para-hydroxylation sites is 2. The minimum Gasteiger partial charge on any atom is -0.493 e. The van der Waals surface area contributed by atoms with E-state index in [-0.39, 0.29) is 11.6 Å². The summed E-state index contributed by atoms with van der Waals surface area (Å²) in [6.45, 7) is 5.20. The lowest BCUT2D eigenvalue weighted by Crippen LogP contribution is -2.04.